The number of carbonyl (C=O) groups is 2. The lowest BCUT2D eigenvalue weighted by Gasteiger charge is -2.40. The SMILES string of the molecule is COCCOCCOCCOCCOCCOCCOCCNC(=O)COC(c1cc(C#CCOCCOCCOCCOCCSC)cc(C(OCC(=O)NCCOCCOCCOCCOCCOCCOCCOC)(C(F)(F)F)C(F)(F)F)c1)(C(F)(F)F)C(F)(F)F. The van der Waals surface area contributed by atoms with Crippen molar-refractivity contribution in [2.75, 3.05) is 277 Å². The maximum atomic E-state index is 15.2. The first-order valence-electron chi connectivity index (χ1n) is 30.0. The average Bonchev–Trinajstić information content (AvgIpc) is 0.719. The Morgan fingerprint density at radius 3 is 0.853 bits per heavy atom. The number of hydrogen-bond donors (Lipinski definition) is 2. The highest BCUT2D eigenvalue weighted by molar-refractivity contribution is 7.98. The van der Waals surface area contributed by atoms with Crippen molar-refractivity contribution in [2.45, 2.75) is 35.9 Å². The third kappa shape index (κ3) is 40.9. The Balaban J connectivity index is 3.10. The van der Waals surface area contributed by atoms with Crippen LogP contribution < -0.4 is 10.6 Å². The number of hydrogen-bond acceptors (Lipinski definition) is 23. The van der Waals surface area contributed by atoms with Gasteiger partial charge in [-0.2, -0.15) is 64.4 Å². The quantitative estimate of drug-likeness (QED) is 0.0502. The minimum Gasteiger partial charge on any atom is -0.382 e. The molecule has 0 radical (unpaired) electrons. The largest absolute Gasteiger partial charge is 0.430 e. The molecule has 0 saturated carbocycles. The Morgan fingerprint density at radius 1 is 0.358 bits per heavy atom. The second-order valence-electron chi connectivity index (χ2n) is 18.9. The second-order valence-corrected chi connectivity index (χ2v) is 19.9. The smallest absolute Gasteiger partial charge is 0.382 e. The molecule has 0 aromatic heterocycles. The van der Waals surface area contributed by atoms with Crippen molar-refractivity contribution < 1.29 is 157 Å². The Hall–Kier alpha value is -3.57. The van der Waals surface area contributed by atoms with Crippen LogP contribution in [-0.2, 0) is 116 Å². The number of nitrogens with one attached hydrogen (secondary N) is 2. The van der Waals surface area contributed by atoms with Crippen LogP contribution in [0.2, 0.25) is 0 Å². The van der Waals surface area contributed by atoms with E-state index < -0.39 is 103 Å². The molecule has 24 nitrogen and oxygen atoms in total. The molecule has 0 aliphatic carbocycles. The van der Waals surface area contributed by atoms with E-state index in [1.54, 1.807) is 26.0 Å². The summed E-state index contributed by atoms with van der Waals surface area (Å²) in [6, 6.07) is -1.01. The third-order valence-corrected chi connectivity index (χ3v) is 12.4. The molecule has 0 heterocycles. The van der Waals surface area contributed by atoms with E-state index in [4.69, 9.17) is 85.3 Å². The van der Waals surface area contributed by atoms with E-state index in [0.717, 1.165) is 5.75 Å². The van der Waals surface area contributed by atoms with Crippen molar-refractivity contribution in [3.63, 3.8) is 0 Å². The van der Waals surface area contributed by atoms with Gasteiger partial charge in [-0.15, -0.1) is 0 Å². The predicted octanol–water partition coefficient (Wildman–Crippen LogP) is 4.86. The number of benzene rings is 1. The van der Waals surface area contributed by atoms with E-state index in [-0.39, 0.29) is 138 Å². The second kappa shape index (κ2) is 55.2. The minimum atomic E-state index is -6.79. The molecular formula is C58H92F12N2O22S. The van der Waals surface area contributed by atoms with Crippen molar-refractivity contribution in [3.8, 4) is 11.8 Å². The number of thioether (sulfide) groups is 1. The van der Waals surface area contributed by atoms with Crippen LogP contribution in [0.1, 0.15) is 16.7 Å². The number of halogens is 12. The van der Waals surface area contributed by atoms with Crippen molar-refractivity contribution >= 4 is 23.6 Å². The van der Waals surface area contributed by atoms with Crippen LogP contribution in [0.15, 0.2) is 18.2 Å². The zero-order valence-electron chi connectivity index (χ0n) is 53.7. The molecule has 0 spiro atoms. The summed E-state index contributed by atoms with van der Waals surface area (Å²) in [6.07, 6.45) is -25.3. The molecule has 0 atom stereocenters. The van der Waals surface area contributed by atoms with Crippen molar-refractivity contribution in [1.29, 1.82) is 0 Å². The van der Waals surface area contributed by atoms with E-state index in [9.17, 15) is 9.59 Å². The molecule has 556 valence electrons. The van der Waals surface area contributed by atoms with Gasteiger partial charge in [0.25, 0.3) is 11.2 Å². The van der Waals surface area contributed by atoms with E-state index in [1.807, 2.05) is 22.8 Å². The van der Waals surface area contributed by atoms with Crippen molar-refractivity contribution in [3.05, 3.63) is 34.9 Å². The lowest BCUT2D eigenvalue weighted by atomic mass is 9.83. The summed E-state index contributed by atoms with van der Waals surface area (Å²) in [6.45, 7) is 0.360. The molecule has 0 fully saturated rings. The number of ether oxygens (including phenoxy) is 20. The van der Waals surface area contributed by atoms with Gasteiger partial charge in [0, 0.05) is 49.8 Å². The molecule has 0 bridgehead atoms. The Morgan fingerprint density at radius 2 is 0.600 bits per heavy atom. The number of methoxy groups -OCH3 is 2. The fourth-order valence-electron chi connectivity index (χ4n) is 7.30. The van der Waals surface area contributed by atoms with E-state index >= 15 is 52.7 Å². The zero-order chi connectivity index (χ0) is 70.3. The zero-order valence-corrected chi connectivity index (χ0v) is 54.6. The fourth-order valence-corrected chi connectivity index (χ4v) is 7.59. The van der Waals surface area contributed by atoms with Crippen molar-refractivity contribution in [1.82, 2.24) is 10.6 Å². The Kier molecular flexibility index (Phi) is 52.0. The summed E-state index contributed by atoms with van der Waals surface area (Å²) in [4.78, 5) is 25.6. The van der Waals surface area contributed by atoms with Crippen LogP contribution in [0.3, 0.4) is 0 Å². The fraction of sp³-hybridized carbons (Fsp3) is 0.828. The number of alkyl halides is 12. The van der Waals surface area contributed by atoms with E-state index in [1.165, 1.54) is 0 Å². The lowest BCUT2D eigenvalue weighted by Crippen LogP contribution is -2.58. The summed E-state index contributed by atoms with van der Waals surface area (Å²) in [5.74, 6) is 1.54. The summed E-state index contributed by atoms with van der Waals surface area (Å²) in [7, 11) is 3.12. The highest BCUT2D eigenvalue weighted by Gasteiger charge is 2.76. The molecule has 1 aromatic rings. The van der Waals surface area contributed by atoms with Gasteiger partial charge in [0.1, 0.15) is 19.8 Å². The molecule has 2 N–H and O–H groups in total. The standard InChI is InChI=1S/C58H92F12N2O22S/c1-75-11-13-80-21-23-85-30-32-89-36-34-87-28-26-83-19-16-78-9-6-71-51(73)46-93-53(55(59,60)61,56(62,63)64)49-43-48(5-4-8-77-15-18-82-25-38-91-39-40-92-41-42-95-3)44-50(45-49)54(57(65,66)67,58(68,69)70)94-47-52(74)72-7-10-79-17-20-84-27-29-88-35-37-90-33-31-86-24-22-81-14-12-76-2/h43-45H,6-42,46-47H2,1-3H3,(H,71,73)(H,72,74). The van der Waals surface area contributed by atoms with Gasteiger partial charge in [0.15, 0.2) is 0 Å². The van der Waals surface area contributed by atoms with Crippen LogP contribution >= 0.6 is 11.8 Å². The molecule has 0 aliphatic heterocycles. The van der Waals surface area contributed by atoms with Crippen molar-refractivity contribution in [2.24, 2.45) is 0 Å². The normalized spacial score (nSPS) is 12.6. The van der Waals surface area contributed by atoms with Gasteiger partial charge in [0.2, 0.25) is 11.8 Å². The van der Waals surface area contributed by atoms with E-state index in [2.05, 4.69) is 15.4 Å². The number of carbonyl (C=O) groups excluding carboxylic acids is 2. The molecule has 95 heavy (non-hydrogen) atoms. The van der Waals surface area contributed by atoms with Gasteiger partial charge >= 0.3 is 24.7 Å². The first kappa shape index (κ1) is 89.4. The first-order chi connectivity index (χ1) is 45.6. The molecular weight excluding hydrogens is 1340 g/mol. The molecule has 2 amide bonds. The first-order valence-corrected chi connectivity index (χ1v) is 31.4. The summed E-state index contributed by atoms with van der Waals surface area (Å²) < 4.78 is 286. The van der Waals surface area contributed by atoms with Gasteiger partial charge in [-0.3, -0.25) is 9.59 Å². The molecule has 0 unspecified atom stereocenters. The van der Waals surface area contributed by atoms with Crippen LogP contribution in [0.25, 0.3) is 0 Å². The number of amides is 2. The van der Waals surface area contributed by atoms with Gasteiger partial charge in [-0.05, 0) is 24.5 Å². The highest BCUT2D eigenvalue weighted by Crippen LogP contribution is 2.57. The molecule has 0 aliphatic rings. The van der Waals surface area contributed by atoms with Gasteiger partial charge in [0.05, 0.1) is 218 Å². The minimum absolute atomic E-state index is 0.0130. The maximum absolute atomic E-state index is 15.2. The van der Waals surface area contributed by atoms with Gasteiger partial charge in [-0.25, -0.2) is 0 Å². The Bertz CT molecular complexity index is 1980. The third-order valence-electron chi connectivity index (χ3n) is 11.9. The van der Waals surface area contributed by atoms with Crippen LogP contribution in [0.4, 0.5) is 52.7 Å². The predicted molar refractivity (Wildman–Crippen MR) is 314 cm³/mol. The number of rotatable bonds is 63. The highest BCUT2D eigenvalue weighted by atomic mass is 32.2. The maximum Gasteiger partial charge on any atom is 0.430 e. The van der Waals surface area contributed by atoms with Crippen LogP contribution in [0.5, 0.6) is 0 Å². The summed E-state index contributed by atoms with van der Waals surface area (Å²) in [5.41, 5.74) is -17.9. The topological polar surface area (TPSA) is 243 Å². The Labute approximate surface area is 549 Å². The molecule has 37 heteroatoms. The van der Waals surface area contributed by atoms with Gasteiger partial charge < -0.3 is 105 Å². The lowest BCUT2D eigenvalue weighted by molar-refractivity contribution is -0.389. The molecule has 1 rings (SSSR count). The van der Waals surface area contributed by atoms with Gasteiger partial charge in [-0.1, -0.05) is 11.8 Å². The summed E-state index contributed by atoms with van der Waals surface area (Å²) >= 11 is 1.60. The van der Waals surface area contributed by atoms with Crippen LogP contribution in [-0.4, -0.2) is 314 Å². The average molecular weight is 1430 g/mol. The summed E-state index contributed by atoms with van der Waals surface area (Å²) in [5, 5.41) is 3.90. The van der Waals surface area contributed by atoms with Crippen LogP contribution in [0, 0.1) is 11.8 Å². The molecule has 0 saturated heterocycles. The molecule has 1 aromatic carbocycles. The monoisotopic (exact) mass is 1430 g/mol. The van der Waals surface area contributed by atoms with E-state index in [0.29, 0.717) is 92.5 Å².